The van der Waals surface area contributed by atoms with E-state index in [1.807, 2.05) is 6.08 Å². The molecule has 0 fully saturated rings. The molecule has 0 spiro atoms. The summed E-state index contributed by atoms with van der Waals surface area (Å²) in [6, 6.07) is -0.630. The maximum atomic E-state index is 12.5. The molecule has 0 rings (SSSR count). The molecule has 0 aliphatic heterocycles. The molecule has 3 N–H and O–H groups in total. The Kier molecular flexibility index (Phi) is 70.9. The van der Waals surface area contributed by atoms with E-state index in [-0.39, 0.29) is 18.5 Å². The van der Waals surface area contributed by atoms with Gasteiger partial charge < -0.3 is 20.3 Å². The van der Waals surface area contributed by atoms with Crippen LogP contribution in [-0.4, -0.2) is 47.4 Å². The molecule has 0 saturated carbocycles. The number of rotatable bonds is 70. The van der Waals surface area contributed by atoms with Gasteiger partial charge in [-0.1, -0.05) is 357 Å². The molecule has 0 aliphatic rings. The summed E-state index contributed by atoms with van der Waals surface area (Å²) in [7, 11) is 0. The van der Waals surface area contributed by atoms with Crippen molar-refractivity contribution in [3.8, 4) is 0 Å². The molecular formula is C78H145NO5. The average molecular weight is 1180 g/mol. The van der Waals surface area contributed by atoms with Crippen LogP contribution in [0.2, 0.25) is 0 Å². The van der Waals surface area contributed by atoms with E-state index in [1.54, 1.807) is 6.08 Å². The average Bonchev–Trinajstić information content (AvgIpc) is 3.51. The summed E-state index contributed by atoms with van der Waals surface area (Å²) in [5.41, 5.74) is 0. The highest BCUT2D eigenvalue weighted by Gasteiger charge is 2.18. The summed E-state index contributed by atoms with van der Waals surface area (Å²) in [4.78, 5) is 24.6. The molecular weight excluding hydrogens is 1030 g/mol. The molecule has 492 valence electrons. The number of aliphatic hydroxyl groups is 2. The van der Waals surface area contributed by atoms with Crippen molar-refractivity contribution in [1.82, 2.24) is 5.32 Å². The summed E-state index contributed by atoms with van der Waals surface area (Å²) < 4.78 is 5.47. The predicted octanol–water partition coefficient (Wildman–Crippen LogP) is 24.6. The third-order valence-electron chi connectivity index (χ3n) is 17.2. The number of allylic oxidation sites excluding steroid dienone is 9. The van der Waals surface area contributed by atoms with Gasteiger partial charge in [0.2, 0.25) is 5.91 Å². The number of amides is 1. The van der Waals surface area contributed by atoms with E-state index in [2.05, 4.69) is 67.8 Å². The summed E-state index contributed by atoms with van der Waals surface area (Å²) in [5.74, 6) is -0.0663. The smallest absolute Gasteiger partial charge is 0.305 e. The quantitative estimate of drug-likeness (QED) is 0.0320. The third-order valence-corrected chi connectivity index (χ3v) is 17.2. The van der Waals surface area contributed by atoms with E-state index >= 15 is 0 Å². The van der Waals surface area contributed by atoms with E-state index in [0.717, 1.165) is 57.8 Å². The van der Waals surface area contributed by atoms with Crippen LogP contribution in [-0.2, 0) is 14.3 Å². The molecule has 0 aromatic heterocycles. The first-order chi connectivity index (χ1) is 41.5. The zero-order chi connectivity index (χ0) is 60.6. The number of hydrogen-bond donors (Lipinski definition) is 3. The molecule has 2 unspecified atom stereocenters. The summed E-state index contributed by atoms with van der Waals surface area (Å²) in [6.45, 7) is 4.86. The fourth-order valence-electron chi connectivity index (χ4n) is 11.5. The topological polar surface area (TPSA) is 95.9 Å². The largest absolute Gasteiger partial charge is 0.466 e. The number of ether oxygens (including phenoxy) is 1. The van der Waals surface area contributed by atoms with Crippen LogP contribution in [0, 0.1) is 0 Å². The molecule has 1 amide bonds. The number of carbonyl (C=O) groups excluding carboxylic acids is 2. The second kappa shape index (κ2) is 73.0. The first-order valence-electron chi connectivity index (χ1n) is 37.6. The zero-order valence-corrected chi connectivity index (χ0v) is 56.4. The highest BCUT2D eigenvalue weighted by molar-refractivity contribution is 5.76. The van der Waals surface area contributed by atoms with Crippen LogP contribution >= 0.6 is 0 Å². The van der Waals surface area contributed by atoms with Crippen LogP contribution in [0.15, 0.2) is 60.8 Å². The number of carbonyl (C=O) groups is 2. The van der Waals surface area contributed by atoms with Crippen molar-refractivity contribution >= 4 is 11.9 Å². The predicted molar refractivity (Wildman–Crippen MR) is 370 cm³/mol. The minimum Gasteiger partial charge on any atom is -0.466 e. The maximum Gasteiger partial charge on any atom is 0.305 e. The lowest BCUT2D eigenvalue weighted by Gasteiger charge is -2.20. The number of aliphatic hydroxyl groups excluding tert-OH is 2. The Morgan fingerprint density at radius 2 is 0.619 bits per heavy atom. The molecule has 2 atom stereocenters. The van der Waals surface area contributed by atoms with Crippen LogP contribution in [0.25, 0.3) is 0 Å². The molecule has 0 aromatic carbocycles. The summed E-state index contributed by atoms with van der Waals surface area (Å²) >= 11 is 0. The molecule has 84 heavy (non-hydrogen) atoms. The number of esters is 1. The first kappa shape index (κ1) is 81.6. The monoisotopic (exact) mass is 1180 g/mol. The van der Waals surface area contributed by atoms with Gasteiger partial charge in [0.05, 0.1) is 25.4 Å². The first-order valence-corrected chi connectivity index (χ1v) is 37.6. The molecule has 0 saturated heterocycles. The van der Waals surface area contributed by atoms with E-state index in [1.165, 1.54) is 315 Å². The zero-order valence-electron chi connectivity index (χ0n) is 56.4. The molecule has 6 nitrogen and oxygen atoms in total. The standard InChI is InChI=1S/C78H145NO5/c1-3-5-7-9-11-13-15-17-18-19-20-21-31-34-37-40-43-47-50-54-58-62-66-70-76(81)75(74-80)79-77(82)71-67-63-59-55-51-48-44-41-38-35-32-29-27-25-23-22-24-26-28-30-33-36-39-42-45-49-53-57-61-65-69-73-84-78(83)72-68-64-60-56-52-46-16-14-12-10-8-6-4-2/h8,10,14,16,24,26,30,33,66,70,75-76,80-81H,3-7,9,11-13,15,17-23,25,27-29,31-32,34-65,67-69,71-74H2,1-2H3,(H,79,82)/b10-8-,16-14-,26-24-,33-30-,70-66+. The van der Waals surface area contributed by atoms with Gasteiger partial charge in [-0.25, -0.2) is 0 Å². The van der Waals surface area contributed by atoms with Gasteiger partial charge in [-0.3, -0.25) is 9.59 Å². The Hall–Kier alpha value is -2.44. The second-order valence-corrected chi connectivity index (χ2v) is 25.6. The number of unbranched alkanes of at least 4 members (excludes halogenated alkanes) is 51. The Morgan fingerprint density at radius 3 is 0.952 bits per heavy atom. The minimum atomic E-state index is -0.847. The van der Waals surface area contributed by atoms with Gasteiger partial charge in [-0.05, 0) is 89.9 Å². The van der Waals surface area contributed by atoms with Crippen molar-refractivity contribution in [2.75, 3.05) is 13.2 Å². The SMILES string of the molecule is CCC/C=C\C/C=C\CCCCCCCC(=O)OCCCCCCCCCCC/C=C\C/C=C\CCCCCCCCCCCCCCCCCC(=O)NC(CO)C(O)/C=C/CCCCCCCCCCCCCCCCCCCCCCC. The Bertz CT molecular complexity index is 1450. The fourth-order valence-corrected chi connectivity index (χ4v) is 11.5. The summed E-state index contributed by atoms with van der Waals surface area (Å²) in [5, 5.41) is 23.3. The van der Waals surface area contributed by atoms with E-state index < -0.39 is 12.1 Å². The van der Waals surface area contributed by atoms with Crippen molar-refractivity contribution in [2.45, 2.75) is 411 Å². The Labute approximate surface area is 524 Å². The highest BCUT2D eigenvalue weighted by atomic mass is 16.5. The fraction of sp³-hybridized carbons (Fsp3) is 0.846. The van der Waals surface area contributed by atoms with Gasteiger partial charge in [0.25, 0.3) is 0 Å². The van der Waals surface area contributed by atoms with E-state index in [9.17, 15) is 19.8 Å². The van der Waals surface area contributed by atoms with Crippen molar-refractivity contribution in [3.05, 3.63) is 60.8 Å². The van der Waals surface area contributed by atoms with Crippen molar-refractivity contribution in [3.63, 3.8) is 0 Å². The van der Waals surface area contributed by atoms with Crippen LogP contribution in [0.1, 0.15) is 399 Å². The Balaban J connectivity index is 3.43. The molecule has 0 radical (unpaired) electrons. The molecule has 0 bridgehead atoms. The molecule has 0 aromatic rings. The maximum absolute atomic E-state index is 12.5. The molecule has 6 heteroatoms. The lowest BCUT2D eigenvalue weighted by Crippen LogP contribution is -2.45. The van der Waals surface area contributed by atoms with Gasteiger partial charge in [0, 0.05) is 12.8 Å². The van der Waals surface area contributed by atoms with Crippen LogP contribution < -0.4 is 5.32 Å². The molecule has 0 aliphatic carbocycles. The van der Waals surface area contributed by atoms with Crippen molar-refractivity contribution < 1.29 is 24.5 Å². The lowest BCUT2D eigenvalue weighted by atomic mass is 10.0. The van der Waals surface area contributed by atoms with Crippen LogP contribution in [0.4, 0.5) is 0 Å². The molecule has 0 heterocycles. The van der Waals surface area contributed by atoms with Crippen LogP contribution in [0.3, 0.4) is 0 Å². The minimum absolute atomic E-state index is 0.00254. The highest BCUT2D eigenvalue weighted by Crippen LogP contribution is 2.19. The van der Waals surface area contributed by atoms with Gasteiger partial charge in [-0.15, -0.1) is 0 Å². The van der Waals surface area contributed by atoms with E-state index in [4.69, 9.17) is 4.74 Å². The summed E-state index contributed by atoms with van der Waals surface area (Å²) in [6.07, 6.45) is 97.5. The van der Waals surface area contributed by atoms with Crippen LogP contribution in [0.5, 0.6) is 0 Å². The van der Waals surface area contributed by atoms with E-state index in [0.29, 0.717) is 19.4 Å². The Morgan fingerprint density at radius 1 is 0.333 bits per heavy atom. The van der Waals surface area contributed by atoms with Gasteiger partial charge in [-0.2, -0.15) is 0 Å². The second-order valence-electron chi connectivity index (χ2n) is 25.6. The van der Waals surface area contributed by atoms with Crippen molar-refractivity contribution in [1.29, 1.82) is 0 Å². The lowest BCUT2D eigenvalue weighted by molar-refractivity contribution is -0.143. The normalized spacial score (nSPS) is 12.9. The van der Waals surface area contributed by atoms with Crippen molar-refractivity contribution in [2.24, 2.45) is 0 Å². The van der Waals surface area contributed by atoms with Gasteiger partial charge >= 0.3 is 5.97 Å². The third kappa shape index (κ3) is 68.7. The number of hydrogen-bond acceptors (Lipinski definition) is 5. The van der Waals surface area contributed by atoms with Gasteiger partial charge in [0.15, 0.2) is 0 Å². The van der Waals surface area contributed by atoms with Gasteiger partial charge in [0.1, 0.15) is 0 Å². The number of nitrogens with one attached hydrogen (secondary N) is 1.